The van der Waals surface area contributed by atoms with Crippen LogP contribution in [-0.2, 0) is 9.47 Å². The SMILES string of the molecule is CC(=O)c1ccc(OC[C@@H]2CN(C(=O)OC(C)(C)C)CCN2C(=O)c2ncn(-c3cccc(N4CCOCC4)c3)c2-c2ccccc2)cc1. The summed E-state index contributed by atoms with van der Waals surface area (Å²) in [5, 5.41) is 0. The zero-order valence-electron chi connectivity index (χ0n) is 28.5. The molecule has 11 heteroatoms. The van der Waals surface area contributed by atoms with Crippen LogP contribution in [0.2, 0.25) is 0 Å². The summed E-state index contributed by atoms with van der Waals surface area (Å²) in [6.07, 6.45) is 1.26. The monoisotopic (exact) mass is 665 g/mol. The smallest absolute Gasteiger partial charge is 0.410 e. The number of morpholine rings is 1. The van der Waals surface area contributed by atoms with Crippen LogP contribution in [0.3, 0.4) is 0 Å². The van der Waals surface area contributed by atoms with Crippen LogP contribution in [0.4, 0.5) is 10.5 Å². The second-order valence-electron chi connectivity index (χ2n) is 13.3. The molecule has 1 atom stereocenters. The fraction of sp³-hybridized carbons (Fsp3) is 0.368. The number of ketones is 1. The van der Waals surface area contributed by atoms with Gasteiger partial charge in [0.2, 0.25) is 0 Å². The summed E-state index contributed by atoms with van der Waals surface area (Å²) in [7, 11) is 0. The summed E-state index contributed by atoms with van der Waals surface area (Å²) in [4.78, 5) is 49.9. The van der Waals surface area contributed by atoms with Gasteiger partial charge in [0.1, 0.15) is 24.3 Å². The number of anilines is 1. The number of carbonyl (C=O) groups is 3. The molecule has 3 heterocycles. The highest BCUT2D eigenvalue weighted by Gasteiger charge is 2.37. The quantitative estimate of drug-likeness (QED) is 0.220. The molecular formula is C38H43N5O6. The first-order valence-electron chi connectivity index (χ1n) is 16.7. The predicted octanol–water partition coefficient (Wildman–Crippen LogP) is 5.72. The zero-order valence-corrected chi connectivity index (χ0v) is 28.5. The summed E-state index contributed by atoms with van der Waals surface area (Å²) >= 11 is 0. The zero-order chi connectivity index (χ0) is 34.5. The van der Waals surface area contributed by atoms with Crippen LogP contribution < -0.4 is 9.64 Å². The Labute approximate surface area is 287 Å². The largest absolute Gasteiger partial charge is 0.491 e. The van der Waals surface area contributed by atoms with Crippen molar-refractivity contribution in [1.29, 1.82) is 0 Å². The minimum Gasteiger partial charge on any atom is -0.491 e. The van der Waals surface area contributed by atoms with Gasteiger partial charge in [-0.25, -0.2) is 9.78 Å². The third-order valence-corrected chi connectivity index (χ3v) is 8.60. The van der Waals surface area contributed by atoms with Gasteiger partial charge in [0.05, 0.1) is 24.9 Å². The first-order chi connectivity index (χ1) is 23.6. The molecule has 2 amide bonds. The fourth-order valence-electron chi connectivity index (χ4n) is 6.11. The average molecular weight is 666 g/mol. The molecule has 49 heavy (non-hydrogen) atoms. The molecule has 6 rings (SSSR count). The van der Waals surface area contributed by atoms with Crippen molar-refractivity contribution in [3.05, 3.63) is 96.4 Å². The second kappa shape index (κ2) is 14.5. The van der Waals surface area contributed by atoms with E-state index in [9.17, 15) is 14.4 Å². The molecule has 2 aliphatic rings. The van der Waals surface area contributed by atoms with Gasteiger partial charge in [0, 0.05) is 55.2 Å². The minimum absolute atomic E-state index is 0.0370. The lowest BCUT2D eigenvalue weighted by Crippen LogP contribution is -2.59. The van der Waals surface area contributed by atoms with Gasteiger partial charge in [-0.3, -0.25) is 14.2 Å². The van der Waals surface area contributed by atoms with Crippen molar-refractivity contribution in [2.45, 2.75) is 39.3 Å². The van der Waals surface area contributed by atoms with Crippen LogP contribution in [0.25, 0.3) is 16.9 Å². The van der Waals surface area contributed by atoms with E-state index in [1.54, 1.807) is 40.4 Å². The topological polar surface area (TPSA) is 106 Å². The molecule has 4 aromatic rings. The summed E-state index contributed by atoms with van der Waals surface area (Å²) in [6.45, 7) is 10.9. The number of ether oxygens (including phenoxy) is 3. The Bertz CT molecular complexity index is 1780. The van der Waals surface area contributed by atoms with Crippen molar-refractivity contribution < 1.29 is 28.6 Å². The van der Waals surface area contributed by atoms with Gasteiger partial charge in [-0.05, 0) is 70.2 Å². The molecule has 2 aliphatic heterocycles. The van der Waals surface area contributed by atoms with E-state index in [2.05, 4.69) is 17.0 Å². The van der Waals surface area contributed by atoms with Gasteiger partial charge >= 0.3 is 6.09 Å². The maximum absolute atomic E-state index is 14.6. The number of hydrogen-bond donors (Lipinski definition) is 0. The Morgan fingerprint density at radius 2 is 1.59 bits per heavy atom. The van der Waals surface area contributed by atoms with Crippen LogP contribution in [0.15, 0.2) is 85.2 Å². The van der Waals surface area contributed by atoms with Crippen molar-refractivity contribution in [1.82, 2.24) is 19.4 Å². The Hall–Kier alpha value is -5.16. The third kappa shape index (κ3) is 7.94. The third-order valence-electron chi connectivity index (χ3n) is 8.60. The van der Waals surface area contributed by atoms with Crippen LogP contribution >= 0.6 is 0 Å². The van der Waals surface area contributed by atoms with Crippen LogP contribution in [0.1, 0.15) is 48.5 Å². The molecule has 256 valence electrons. The molecule has 0 saturated carbocycles. The number of benzene rings is 3. The molecule has 2 fully saturated rings. The van der Waals surface area contributed by atoms with Gasteiger partial charge in [-0.2, -0.15) is 0 Å². The van der Waals surface area contributed by atoms with Crippen LogP contribution in [-0.4, -0.2) is 101 Å². The number of piperazine rings is 1. The number of rotatable bonds is 8. The lowest BCUT2D eigenvalue weighted by molar-refractivity contribution is -0.00104. The maximum Gasteiger partial charge on any atom is 0.410 e. The molecule has 0 bridgehead atoms. The molecule has 0 N–H and O–H groups in total. The first-order valence-corrected chi connectivity index (χ1v) is 16.7. The highest BCUT2D eigenvalue weighted by molar-refractivity contribution is 5.99. The number of aromatic nitrogens is 2. The lowest BCUT2D eigenvalue weighted by atomic mass is 10.1. The van der Waals surface area contributed by atoms with E-state index in [0.717, 1.165) is 30.0 Å². The summed E-state index contributed by atoms with van der Waals surface area (Å²) in [6, 6.07) is 24.4. The summed E-state index contributed by atoms with van der Waals surface area (Å²) < 4.78 is 19.4. The number of amides is 2. The first kappa shape index (κ1) is 33.7. The Kier molecular flexibility index (Phi) is 10.0. The van der Waals surface area contributed by atoms with Gasteiger partial charge < -0.3 is 28.9 Å². The predicted molar refractivity (Wildman–Crippen MR) is 187 cm³/mol. The normalized spacial score (nSPS) is 16.7. The van der Waals surface area contributed by atoms with E-state index in [0.29, 0.717) is 42.5 Å². The van der Waals surface area contributed by atoms with Gasteiger partial charge in [-0.1, -0.05) is 36.4 Å². The van der Waals surface area contributed by atoms with Crippen LogP contribution in [0.5, 0.6) is 5.75 Å². The van der Waals surface area contributed by atoms with Crippen LogP contribution in [0, 0.1) is 0 Å². The molecule has 0 spiro atoms. The Morgan fingerprint density at radius 1 is 0.878 bits per heavy atom. The summed E-state index contributed by atoms with van der Waals surface area (Å²) in [5.41, 5.74) is 3.73. The second-order valence-corrected chi connectivity index (χ2v) is 13.3. The standard InChI is InChI=1S/C38H43N5O6/c1-27(44)28-13-15-33(16-14-28)48-25-32-24-41(37(46)49-38(2,3)4)17-18-42(32)36(45)34-35(29-9-6-5-7-10-29)43(26-39-34)31-12-8-11-30(23-31)40-19-21-47-22-20-40/h5-16,23,26,32H,17-22,24-25H2,1-4H3/t32-/m0/s1. The maximum atomic E-state index is 14.6. The molecule has 3 aromatic carbocycles. The van der Waals surface area contributed by atoms with Crippen molar-refractivity contribution in [3.8, 4) is 22.7 Å². The molecule has 0 aliphatic carbocycles. The van der Waals surface area contributed by atoms with E-state index in [-0.39, 0.29) is 31.4 Å². The number of Topliss-reactive ketones (excluding diaryl/α,β-unsaturated/α-hetero) is 1. The lowest BCUT2D eigenvalue weighted by Gasteiger charge is -2.41. The highest BCUT2D eigenvalue weighted by atomic mass is 16.6. The molecule has 1 aromatic heterocycles. The summed E-state index contributed by atoms with van der Waals surface area (Å²) in [5.74, 6) is 0.262. The van der Waals surface area contributed by atoms with Crippen molar-refractivity contribution in [2.75, 3.05) is 57.4 Å². The molecule has 0 unspecified atom stereocenters. The number of imidazole rings is 1. The van der Waals surface area contributed by atoms with E-state index >= 15 is 0 Å². The van der Waals surface area contributed by atoms with E-state index in [1.165, 1.54) is 6.92 Å². The van der Waals surface area contributed by atoms with E-state index < -0.39 is 17.7 Å². The Balaban J connectivity index is 1.32. The average Bonchev–Trinajstić information content (AvgIpc) is 3.56. The van der Waals surface area contributed by atoms with Crippen molar-refractivity contribution in [2.24, 2.45) is 0 Å². The van der Waals surface area contributed by atoms with Gasteiger partial charge in [0.25, 0.3) is 5.91 Å². The van der Waals surface area contributed by atoms with Crippen molar-refractivity contribution >= 4 is 23.5 Å². The number of carbonyl (C=O) groups excluding carboxylic acids is 3. The molecule has 0 radical (unpaired) electrons. The highest BCUT2D eigenvalue weighted by Crippen LogP contribution is 2.30. The van der Waals surface area contributed by atoms with E-state index in [1.807, 2.05) is 67.8 Å². The van der Waals surface area contributed by atoms with Crippen molar-refractivity contribution in [3.63, 3.8) is 0 Å². The van der Waals surface area contributed by atoms with E-state index in [4.69, 9.17) is 19.2 Å². The number of nitrogens with zero attached hydrogens (tertiary/aromatic N) is 5. The molecular weight excluding hydrogens is 622 g/mol. The minimum atomic E-state index is -0.662. The van der Waals surface area contributed by atoms with Gasteiger partial charge in [0.15, 0.2) is 11.5 Å². The number of hydrogen-bond acceptors (Lipinski definition) is 8. The fourth-order valence-corrected chi connectivity index (χ4v) is 6.11. The molecule has 11 nitrogen and oxygen atoms in total. The molecule has 2 saturated heterocycles. The van der Waals surface area contributed by atoms with Gasteiger partial charge in [-0.15, -0.1) is 0 Å². The Morgan fingerprint density at radius 3 is 2.29 bits per heavy atom.